The third-order valence-electron chi connectivity index (χ3n) is 4.62. The Hall–Kier alpha value is -3.05. The lowest BCUT2D eigenvalue weighted by atomic mass is 10.1. The Kier molecular flexibility index (Phi) is 6.73. The predicted octanol–water partition coefficient (Wildman–Crippen LogP) is 5.59. The summed E-state index contributed by atoms with van der Waals surface area (Å²) in [7, 11) is 0. The fourth-order valence-electron chi connectivity index (χ4n) is 2.87. The molecule has 4 nitrogen and oxygen atoms in total. The van der Waals surface area contributed by atoms with Crippen molar-refractivity contribution in [1.82, 2.24) is 0 Å². The molecule has 0 aliphatic heterocycles. The summed E-state index contributed by atoms with van der Waals surface area (Å²) in [5.74, 6) is 0.0873. The first-order valence-corrected chi connectivity index (χ1v) is 10.4. The summed E-state index contributed by atoms with van der Waals surface area (Å²) in [6.45, 7) is 5.98. The highest BCUT2D eigenvalue weighted by atomic mass is 32.2. The van der Waals surface area contributed by atoms with Crippen molar-refractivity contribution in [3.8, 4) is 0 Å². The Morgan fingerprint density at radius 1 is 0.862 bits per heavy atom. The van der Waals surface area contributed by atoms with E-state index in [4.69, 9.17) is 0 Å². The van der Waals surface area contributed by atoms with Gasteiger partial charge in [-0.2, -0.15) is 0 Å². The van der Waals surface area contributed by atoms with Crippen LogP contribution in [0, 0.1) is 20.8 Å². The van der Waals surface area contributed by atoms with Gasteiger partial charge >= 0.3 is 0 Å². The molecule has 0 unspecified atom stereocenters. The van der Waals surface area contributed by atoms with Crippen LogP contribution in [0.1, 0.15) is 27.0 Å². The van der Waals surface area contributed by atoms with Gasteiger partial charge in [0.15, 0.2) is 0 Å². The van der Waals surface area contributed by atoms with Crippen molar-refractivity contribution < 1.29 is 9.59 Å². The molecule has 2 N–H and O–H groups in total. The molecule has 0 aromatic heterocycles. The molecular weight excluding hydrogens is 380 g/mol. The Balaban J connectivity index is 1.59. The molecule has 3 rings (SSSR count). The molecule has 148 valence electrons. The predicted molar refractivity (Wildman–Crippen MR) is 121 cm³/mol. The average molecular weight is 405 g/mol. The first-order valence-electron chi connectivity index (χ1n) is 9.39. The van der Waals surface area contributed by atoms with E-state index in [1.807, 2.05) is 81.4 Å². The number of carbonyl (C=O) groups excluding carboxylic acids is 2. The van der Waals surface area contributed by atoms with Crippen LogP contribution in [-0.2, 0) is 4.79 Å². The van der Waals surface area contributed by atoms with Crippen LogP contribution in [0.2, 0.25) is 0 Å². The van der Waals surface area contributed by atoms with E-state index >= 15 is 0 Å². The second-order valence-electron chi connectivity index (χ2n) is 6.94. The fourth-order valence-corrected chi connectivity index (χ4v) is 3.63. The molecule has 0 aliphatic carbocycles. The van der Waals surface area contributed by atoms with Crippen LogP contribution in [0.3, 0.4) is 0 Å². The summed E-state index contributed by atoms with van der Waals surface area (Å²) in [5, 5.41) is 5.88. The number of amides is 2. The van der Waals surface area contributed by atoms with Crippen LogP contribution >= 0.6 is 11.8 Å². The van der Waals surface area contributed by atoms with Gasteiger partial charge in [0.05, 0.1) is 5.75 Å². The van der Waals surface area contributed by atoms with Gasteiger partial charge in [-0.3, -0.25) is 9.59 Å². The van der Waals surface area contributed by atoms with Gasteiger partial charge < -0.3 is 10.6 Å². The second kappa shape index (κ2) is 9.43. The lowest BCUT2D eigenvalue weighted by molar-refractivity contribution is -0.113. The number of hydrogen-bond donors (Lipinski definition) is 2. The molecule has 0 heterocycles. The van der Waals surface area contributed by atoms with E-state index in [-0.39, 0.29) is 11.8 Å². The third-order valence-corrected chi connectivity index (χ3v) is 5.61. The van der Waals surface area contributed by atoms with Crippen molar-refractivity contribution in [2.24, 2.45) is 0 Å². The number of benzene rings is 3. The van der Waals surface area contributed by atoms with Crippen LogP contribution < -0.4 is 10.6 Å². The summed E-state index contributed by atoms with van der Waals surface area (Å²) in [5.41, 5.74) is 5.43. The van der Waals surface area contributed by atoms with Crippen molar-refractivity contribution in [2.45, 2.75) is 25.7 Å². The van der Waals surface area contributed by atoms with E-state index in [2.05, 4.69) is 10.6 Å². The van der Waals surface area contributed by atoms with Gasteiger partial charge in [-0.1, -0.05) is 35.9 Å². The minimum Gasteiger partial charge on any atom is -0.325 e. The number of rotatable bonds is 6. The molecule has 0 atom stereocenters. The van der Waals surface area contributed by atoms with Crippen molar-refractivity contribution in [1.29, 1.82) is 0 Å². The second-order valence-corrected chi connectivity index (χ2v) is 7.98. The number of hydrogen-bond acceptors (Lipinski definition) is 3. The van der Waals surface area contributed by atoms with Gasteiger partial charge in [0, 0.05) is 21.8 Å². The highest BCUT2D eigenvalue weighted by molar-refractivity contribution is 8.00. The normalized spacial score (nSPS) is 10.4. The van der Waals surface area contributed by atoms with Crippen LogP contribution in [0.25, 0.3) is 0 Å². The van der Waals surface area contributed by atoms with E-state index in [1.165, 1.54) is 11.8 Å². The van der Waals surface area contributed by atoms with E-state index in [0.717, 1.165) is 27.3 Å². The molecule has 3 aromatic rings. The first-order chi connectivity index (χ1) is 13.9. The highest BCUT2D eigenvalue weighted by Gasteiger charge is 2.09. The number of thioether (sulfide) groups is 1. The standard InChI is InChI=1S/C24H24N2O2S/c1-16-7-4-9-19(13-16)24(28)25-20-10-6-11-21(14-20)29-15-23(27)26-22-12-5-8-17(2)18(22)3/h4-14H,15H2,1-3H3,(H,25,28)(H,26,27). The molecule has 5 heteroatoms. The number of anilines is 2. The summed E-state index contributed by atoms with van der Waals surface area (Å²) in [6, 6.07) is 20.9. The minimum absolute atomic E-state index is 0.0575. The molecule has 0 spiro atoms. The van der Waals surface area contributed by atoms with Crippen LogP contribution in [0.15, 0.2) is 71.6 Å². The van der Waals surface area contributed by atoms with Gasteiger partial charge in [0.1, 0.15) is 0 Å². The number of aryl methyl sites for hydroxylation is 2. The average Bonchev–Trinajstić information content (AvgIpc) is 2.70. The van der Waals surface area contributed by atoms with E-state index in [0.29, 0.717) is 17.0 Å². The molecular formula is C24H24N2O2S. The Morgan fingerprint density at radius 3 is 2.41 bits per heavy atom. The fraction of sp³-hybridized carbons (Fsp3) is 0.167. The Labute approximate surface area is 175 Å². The molecule has 29 heavy (non-hydrogen) atoms. The zero-order valence-electron chi connectivity index (χ0n) is 16.8. The Morgan fingerprint density at radius 2 is 1.62 bits per heavy atom. The summed E-state index contributed by atoms with van der Waals surface area (Å²) in [6.07, 6.45) is 0. The molecule has 0 aliphatic rings. The summed E-state index contributed by atoms with van der Waals surface area (Å²) in [4.78, 5) is 25.7. The summed E-state index contributed by atoms with van der Waals surface area (Å²) >= 11 is 1.43. The highest BCUT2D eigenvalue weighted by Crippen LogP contribution is 2.23. The van der Waals surface area contributed by atoms with Gasteiger partial charge in [-0.15, -0.1) is 11.8 Å². The molecule has 0 fully saturated rings. The van der Waals surface area contributed by atoms with Crippen LogP contribution in [0.5, 0.6) is 0 Å². The molecule has 0 saturated heterocycles. The molecule has 0 radical (unpaired) electrons. The lowest BCUT2D eigenvalue weighted by Gasteiger charge is -2.11. The topological polar surface area (TPSA) is 58.2 Å². The van der Waals surface area contributed by atoms with Crippen LogP contribution in [-0.4, -0.2) is 17.6 Å². The summed E-state index contributed by atoms with van der Waals surface area (Å²) < 4.78 is 0. The van der Waals surface area contributed by atoms with Crippen LogP contribution in [0.4, 0.5) is 11.4 Å². The van der Waals surface area contributed by atoms with Gasteiger partial charge in [-0.25, -0.2) is 0 Å². The van der Waals surface area contributed by atoms with E-state index < -0.39 is 0 Å². The lowest BCUT2D eigenvalue weighted by Crippen LogP contribution is -2.15. The minimum atomic E-state index is -0.150. The number of carbonyl (C=O) groups is 2. The van der Waals surface area contributed by atoms with Gasteiger partial charge in [0.2, 0.25) is 5.91 Å². The maximum atomic E-state index is 12.4. The van der Waals surface area contributed by atoms with Gasteiger partial charge in [-0.05, 0) is 68.3 Å². The van der Waals surface area contributed by atoms with Crippen molar-refractivity contribution >= 4 is 35.0 Å². The maximum absolute atomic E-state index is 12.4. The quantitative estimate of drug-likeness (QED) is 0.526. The van der Waals surface area contributed by atoms with Crippen molar-refractivity contribution in [3.63, 3.8) is 0 Å². The molecule has 3 aromatic carbocycles. The smallest absolute Gasteiger partial charge is 0.255 e. The largest absolute Gasteiger partial charge is 0.325 e. The monoisotopic (exact) mass is 404 g/mol. The van der Waals surface area contributed by atoms with Crippen molar-refractivity contribution in [2.75, 3.05) is 16.4 Å². The SMILES string of the molecule is Cc1cccc(C(=O)Nc2cccc(SCC(=O)Nc3cccc(C)c3C)c2)c1. The van der Waals surface area contributed by atoms with Crippen molar-refractivity contribution in [3.05, 3.63) is 89.0 Å². The molecule has 0 bridgehead atoms. The zero-order chi connectivity index (χ0) is 20.8. The third kappa shape index (κ3) is 5.72. The zero-order valence-corrected chi connectivity index (χ0v) is 17.6. The van der Waals surface area contributed by atoms with Gasteiger partial charge in [0.25, 0.3) is 5.91 Å². The number of nitrogens with one attached hydrogen (secondary N) is 2. The molecule has 2 amide bonds. The first kappa shape index (κ1) is 20.7. The van der Waals surface area contributed by atoms with E-state index in [1.54, 1.807) is 6.07 Å². The van der Waals surface area contributed by atoms with E-state index in [9.17, 15) is 9.59 Å². The molecule has 0 saturated carbocycles. The maximum Gasteiger partial charge on any atom is 0.255 e. The Bertz CT molecular complexity index is 1050.